The first kappa shape index (κ1) is 11.6. The van der Waals surface area contributed by atoms with Crippen molar-refractivity contribution in [3.05, 3.63) is 17.2 Å². The highest BCUT2D eigenvalue weighted by molar-refractivity contribution is 5.98. The number of benzene rings is 1. The largest absolute Gasteiger partial charge is 0.486 e. The number of nitrogens with two attached hydrogens (primary N) is 1. The van der Waals surface area contributed by atoms with Crippen molar-refractivity contribution >= 4 is 11.7 Å². The summed E-state index contributed by atoms with van der Waals surface area (Å²) in [6.45, 7) is 2.90. The van der Waals surface area contributed by atoms with Gasteiger partial charge in [-0.3, -0.25) is 0 Å². The summed E-state index contributed by atoms with van der Waals surface area (Å²) in [5.74, 6) is 0.753. The maximum Gasteiger partial charge on any atom is 0.340 e. The van der Waals surface area contributed by atoms with Crippen LogP contribution < -0.4 is 15.2 Å². The third kappa shape index (κ3) is 1.88. The van der Waals surface area contributed by atoms with Crippen LogP contribution in [0.3, 0.4) is 0 Å². The Kier molecular flexibility index (Phi) is 3.08. The molecule has 0 aromatic heterocycles. The molecule has 0 saturated heterocycles. The van der Waals surface area contributed by atoms with Crippen LogP contribution in [0.25, 0.3) is 0 Å². The number of ether oxygens (including phenoxy) is 3. The van der Waals surface area contributed by atoms with Crippen LogP contribution in [0.1, 0.15) is 22.8 Å². The molecule has 0 radical (unpaired) electrons. The summed E-state index contributed by atoms with van der Waals surface area (Å²) in [6.07, 6.45) is 0.626. The van der Waals surface area contributed by atoms with E-state index < -0.39 is 5.97 Å². The van der Waals surface area contributed by atoms with Crippen molar-refractivity contribution in [1.82, 2.24) is 0 Å². The van der Waals surface area contributed by atoms with Gasteiger partial charge in [0.05, 0.1) is 18.4 Å². The Bertz CT molecular complexity index is 456. The zero-order valence-electron chi connectivity index (χ0n) is 9.91. The highest BCUT2D eigenvalue weighted by Crippen LogP contribution is 2.39. The number of esters is 1. The summed E-state index contributed by atoms with van der Waals surface area (Å²) in [5.41, 5.74) is 7.34. The Morgan fingerprint density at radius 2 is 2.18 bits per heavy atom. The number of rotatable bonds is 2. The van der Waals surface area contributed by atoms with Gasteiger partial charge in [-0.2, -0.15) is 0 Å². The molecule has 0 aliphatic carbocycles. The number of hydrogen-bond donors (Lipinski definition) is 1. The van der Waals surface area contributed by atoms with E-state index >= 15 is 0 Å². The standard InChI is InChI=1S/C12H15NO4/c1-3-7-10(12(14)15-2)8(13)6-9-11(7)17-5-4-16-9/h6H,3-5,13H2,1-2H3. The molecule has 5 heteroatoms. The minimum Gasteiger partial charge on any atom is -0.486 e. The van der Waals surface area contributed by atoms with Gasteiger partial charge < -0.3 is 19.9 Å². The fourth-order valence-corrected chi connectivity index (χ4v) is 1.96. The van der Waals surface area contributed by atoms with Crippen LogP contribution >= 0.6 is 0 Å². The van der Waals surface area contributed by atoms with Gasteiger partial charge in [0.1, 0.15) is 13.2 Å². The molecule has 1 aliphatic heterocycles. The Morgan fingerprint density at radius 3 is 2.82 bits per heavy atom. The number of anilines is 1. The molecule has 0 fully saturated rings. The summed E-state index contributed by atoms with van der Waals surface area (Å²) in [6, 6.07) is 1.61. The van der Waals surface area contributed by atoms with Crippen molar-refractivity contribution in [3.63, 3.8) is 0 Å². The maximum atomic E-state index is 11.7. The third-order valence-electron chi connectivity index (χ3n) is 2.71. The summed E-state index contributed by atoms with van der Waals surface area (Å²) in [4.78, 5) is 11.7. The number of fused-ring (bicyclic) bond motifs is 1. The number of nitrogen functional groups attached to an aromatic ring is 1. The molecule has 0 atom stereocenters. The zero-order valence-corrected chi connectivity index (χ0v) is 9.91. The summed E-state index contributed by atoms with van der Waals surface area (Å²) in [7, 11) is 1.33. The molecule has 0 saturated carbocycles. The Morgan fingerprint density at radius 1 is 1.47 bits per heavy atom. The van der Waals surface area contributed by atoms with Crippen molar-refractivity contribution in [1.29, 1.82) is 0 Å². The normalized spacial score (nSPS) is 13.3. The molecule has 17 heavy (non-hydrogen) atoms. The monoisotopic (exact) mass is 237 g/mol. The average molecular weight is 237 g/mol. The topological polar surface area (TPSA) is 70.8 Å². The van der Waals surface area contributed by atoms with Crippen molar-refractivity contribution in [2.24, 2.45) is 0 Å². The van der Waals surface area contributed by atoms with Gasteiger partial charge in [-0.15, -0.1) is 0 Å². The number of hydrogen-bond acceptors (Lipinski definition) is 5. The van der Waals surface area contributed by atoms with Crippen molar-refractivity contribution < 1.29 is 19.0 Å². The second-order valence-electron chi connectivity index (χ2n) is 3.69. The lowest BCUT2D eigenvalue weighted by Gasteiger charge is -2.23. The molecule has 0 unspecified atom stereocenters. The molecule has 1 aromatic carbocycles. The lowest BCUT2D eigenvalue weighted by Crippen LogP contribution is -2.19. The molecule has 1 aliphatic rings. The molecule has 2 rings (SSSR count). The van der Waals surface area contributed by atoms with Gasteiger partial charge in [0.2, 0.25) is 0 Å². The third-order valence-corrected chi connectivity index (χ3v) is 2.71. The number of methoxy groups -OCH3 is 1. The molecule has 5 nitrogen and oxygen atoms in total. The Hall–Kier alpha value is -1.91. The van der Waals surface area contributed by atoms with Gasteiger partial charge in [0.25, 0.3) is 0 Å². The first-order valence-corrected chi connectivity index (χ1v) is 5.48. The molecular formula is C12H15NO4. The molecule has 2 N–H and O–H groups in total. The fraction of sp³-hybridized carbons (Fsp3) is 0.417. The van der Waals surface area contributed by atoms with Crippen LogP contribution in [0.2, 0.25) is 0 Å². The smallest absolute Gasteiger partial charge is 0.340 e. The van der Waals surface area contributed by atoms with Gasteiger partial charge in [0, 0.05) is 11.6 Å². The second kappa shape index (κ2) is 4.53. The van der Waals surface area contributed by atoms with Crippen molar-refractivity contribution in [2.45, 2.75) is 13.3 Å². The first-order valence-electron chi connectivity index (χ1n) is 5.48. The van der Waals surface area contributed by atoms with E-state index in [9.17, 15) is 4.79 Å². The van der Waals surface area contributed by atoms with Gasteiger partial charge in [0.15, 0.2) is 11.5 Å². The van der Waals surface area contributed by atoms with Crippen LogP contribution in [-0.4, -0.2) is 26.3 Å². The SMILES string of the molecule is CCc1c2c(cc(N)c1C(=O)OC)OCCO2. The quantitative estimate of drug-likeness (QED) is 0.621. The van der Waals surface area contributed by atoms with Crippen LogP contribution in [-0.2, 0) is 11.2 Å². The van der Waals surface area contributed by atoms with E-state index in [-0.39, 0.29) is 0 Å². The van der Waals surface area contributed by atoms with Crippen LogP contribution in [0.5, 0.6) is 11.5 Å². The predicted molar refractivity (Wildman–Crippen MR) is 62.6 cm³/mol. The number of carbonyl (C=O) groups is 1. The number of carbonyl (C=O) groups excluding carboxylic acids is 1. The van der Waals surface area contributed by atoms with E-state index in [0.717, 1.165) is 5.56 Å². The summed E-state index contributed by atoms with van der Waals surface area (Å²) < 4.78 is 15.7. The van der Waals surface area contributed by atoms with E-state index in [2.05, 4.69) is 0 Å². The molecule has 92 valence electrons. The van der Waals surface area contributed by atoms with Crippen LogP contribution in [0.4, 0.5) is 5.69 Å². The highest BCUT2D eigenvalue weighted by Gasteiger charge is 2.24. The average Bonchev–Trinajstić information content (AvgIpc) is 2.36. The predicted octanol–water partition coefficient (Wildman–Crippen LogP) is 1.39. The fourth-order valence-electron chi connectivity index (χ4n) is 1.96. The molecule has 1 heterocycles. The summed E-state index contributed by atoms with van der Waals surface area (Å²) in [5, 5.41) is 0. The first-order chi connectivity index (χ1) is 8.19. The van der Waals surface area contributed by atoms with Crippen molar-refractivity contribution in [3.8, 4) is 11.5 Å². The zero-order chi connectivity index (χ0) is 12.4. The van der Waals surface area contributed by atoms with E-state index in [1.165, 1.54) is 7.11 Å². The lowest BCUT2D eigenvalue weighted by atomic mass is 10.0. The molecule has 1 aromatic rings. The minimum absolute atomic E-state index is 0.359. The molecule has 0 amide bonds. The van der Waals surface area contributed by atoms with Gasteiger partial charge in [-0.25, -0.2) is 4.79 Å². The maximum absolute atomic E-state index is 11.7. The van der Waals surface area contributed by atoms with Crippen LogP contribution in [0, 0.1) is 0 Å². The van der Waals surface area contributed by atoms with Gasteiger partial charge in [-0.05, 0) is 6.42 Å². The summed E-state index contributed by atoms with van der Waals surface area (Å²) >= 11 is 0. The lowest BCUT2D eigenvalue weighted by molar-refractivity contribution is 0.0599. The van der Waals surface area contributed by atoms with E-state index in [1.807, 2.05) is 6.92 Å². The molecular weight excluding hydrogens is 222 g/mol. The van der Waals surface area contributed by atoms with E-state index in [1.54, 1.807) is 6.07 Å². The molecule has 0 bridgehead atoms. The van der Waals surface area contributed by atoms with E-state index in [0.29, 0.717) is 42.4 Å². The highest BCUT2D eigenvalue weighted by atomic mass is 16.6. The second-order valence-corrected chi connectivity index (χ2v) is 3.69. The Labute approximate surface area is 99.5 Å². The van der Waals surface area contributed by atoms with Crippen molar-refractivity contribution in [2.75, 3.05) is 26.1 Å². The molecule has 0 spiro atoms. The van der Waals surface area contributed by atoms with Gasteiger partial charge in [-0.1, -0.05) is 6.92 Å². The van der Waals surface area contributed by atoms with E-state index in [4.69, 9.17) is 19.9 Å². The minimum atomic E-state index is -0.448. The van der Waals surface area contributed by atoms with Gasteiger partial charge >= 0.3 is 5.97 Å². The Balaban J connectivity index is 2.62. The van der Waals surface area contributed by atoms with Crippen LogP contribution in [0.15, 0.2) is 6.07 Å².